The van der Waals surface area contributed by atoms with Crippen LogP contribution in [0.2, 0.25) is 0 Å². The molecule has 0 saturated heterocycles. The minimum Gasteiger partial charge on any atom is -0.389 e. The molecule has 0 heterocycles. The van der Waals surface area contributed by atoms with Crippen LogP contribution in [0.25, 0.3) is 0 Å². The zero-order valence-electron chi connectivity index (χ0n) is 10.5. The van der Waals surface area contributed by atoms with Crippen LogP contribution in [0.3, 0.4) is 0 Å². The molecule has 0 aromatic heterocycles. The summed E-state index contributed by atoms with van der Waals surface area (Å²) < 4.78 is 0. The Balaban J connectivity index is 2.39. The van der Waals surface area contributed by atoms with Crippen LogP contribution in [0.1, 0.15) is 16.7 Å². The Bertz CT molecular complexity index is 591. The van der Waals surface area contributed by atoms with Crippen LogP contribution in [0.4, 0.5) is 11.4 Å². The zero-order valence-corrected chi connectivity index (χ0v) is 11.3. The highest BCUT2D eigenvalue weighted by atomic mass is 32.1. The summed E-state index contributed by atoms with van der Waals surface area (Å²) in [6.45, 7) is 4.11. The first-order valence-electron chi connectivity index (χ1n) is 5.80. The molecule has 3 heteroatoms. The lowest BCUT2D eigenvalue weighted by Crippen LogP contribution is -2.12. The van der Waals surface area contributed by atoms with Gasteiger partial charge in [0.1, 0.15) is 4.99 Å². The lowest BCUT2D eigenvalue weighted by Gasteiger charge is -2.12. The number of aryl methyl sites for hydroxylation is 2. The third kappa shape index (κ3) is 2.87. The van der Waals surface area contributed by atoms with Gasteiger partial charge in [0.15, 0.2) is 0 Å². The van der Waals surface area contributed by atoms with Gasteiger partial charge in [-0.15, -0.1) is 0 Å². The molecule has 0 saturated carbocycles. The number of hydrogen-bond donors (Lipinski definition) is 2. The predicted molar refractivity (Wildman–Crippen MR) is 81.5 cm³/mol. The molecule has 0 aliphatic heterocycles. The Morgan fingerprint density at radius 2 is 1.78 bits per heavy atom. The van der Waals surface area contributed by atoms with Gasteiger partial charge >= 0.3 is 0 Å². The lowest BCUT2D eigenvalue weighted by molar-refractivity contribution is 1.41. The number of nitrogens with two attached hydrogens (primary N) is 1. The molecule has 0 amide bonds. The number of rotatable bonds is 3. The summed E-state index contributed by atoms with van der Waals surface area (Å²) >= 11 is 5.07. The van der Waals surface area contributed by atoms with Crippen LogP contribution in [0, 0.1) is 13.8 Å². The SMILES string of the molecule is Cc1cccc(Nc2cc(C)ccc2C(N)=S)c1. The van der Waals surface area contributed by atoms with E-state index in [4.69, 9.17) is 18.0 Å². The first-order chi connectivity index (χ1) is 8.56. The van der Waals surface area contributed by atoms with Gasteiger partial charge in [-0.05, 0) is 49.2 Å². The molecule has 0 fully saturated rings. The Morgan fingerprint density at radius 3 is 2.44 bits per heavy atom. The molecule has 0 aliphatic rings. The first kappa shape index (κ1) is 12.6. The van der Waals surface area contributed by atoms with Crippen molar-refractivity contribution in [3.05, 3.63) is 59.2 Å². The van der Waals surface area contributed by atoms with Crippen molar-refractivity contribution in [2.24, 2.45) is 5.73 Å². The van der Waals surface area contributed by atoms with Crippen molar-refractivity contribution in [1.82, 2.24) is 0 Å². The van der Waals surface area contributed by atoms with Crippen LogP contribution in [0.5, 0.6) is 0 Å². The summed E-state index contributed by atoms with van der Waals surface area (Å²) in [5.74, 6) is 0. The Morgan fingerprint density at radius 1 is 1.06 bits per heavy atom. The third-order valence-corrected chi connectivity index (χ3v) is 2.96. The number of nitrogens with one attached hydrogen (secondary N) is 1. The monoisotopic (exact) mass is 256 g/mol. The molecular formula is C15H16N2S. The van der Waals surface area contributed by atoms with Crippen molar-refractivity contribution in [2.45, 2.75) is 13.8 Å². The van der Waals surface area contributed by atoms with Crippen LogP contribution < -0.4 is 11.1 Å². The molecule has 0 unspecified atom stereocenters. The predicted octanol–water partition coefficient (Wildman–Crippen LogP) is 3.68. The van der Waals surface area contributed by atoms with E-state index in [-0.39, 0.29) is 0 Å². The van der Waals surface area contributed by atoms with E-state index in [9.17, 15) is 0 Å². The Labute approximate surface area is 113 Å². The number of thiocarbonyl (C=S) groups is 1. The molecule has 18 heavy (non-hydrogen) atoms. The van der Waals surface area contributed by atoms with Gasteiger partial charge in [0.25, 0.3) is 0 Å². The van der Waals surface area contributed by atoms with E-state index in [0.29, 0.717) is 4.99 Å². The average Bonchev–Trinajstić information content (AvgIpc) is 2.28. The molecular weight excluding hydrogens is 240 g/mol. The highest BCUT2D eigenvalue weighted by molar-refractivity contribution is 7.80. The summed E-state index contributed by atoms with van der Waals surface area (Å²) in [5, 5.41) is 3.37. The molecule has 3 N–H and O–H groups in total. The van der Waals surface area contributed by atoms with E-state index in [0.717, 1.165) is 16.9 Å². The van der Waals surface area contributed by atoms with Gasteiger partial charge in [0.05, 0.1) is 0 Å². The molecule has 92 valence electrons. The fourth-order valence-electron chi connectivity index (χ4n) is 1.85. The number of hydrogen-bond acceptors (Lipinski definition) is 2. The molecule has 0 bridgehead atoms. The van der Waals surface area contributed by atoms with Crippen molar-refractivity contribution in [1.29, 1.82) is 0 Å². The summed E-state index contributed by atoms with van der Waals surface area (Å²) in [6, 6.07) is 14.2. The van der Waals surface area contributed by atoms with E-state index < -0.39 is 0 Å². The Hall–Kier alpha value is -1.87. The normalized spacial score (nSPS) is 10.1. The van der Waals surface area contributed by atoms with Crippen molar-refractivity contribution in [3.63, 3.8) is 0 Å². The van der Waals surface area contributed by atoms with Crippen LogP contribution in [-0.4, -0.2) is 4.99 Å². The molecule has 2 aromatic rings. The molecule has 2 nitrogen and oxygen atoms in total. The summed E-state index contributed by atoms with van der Waals surface area (Å²) in [6.07, 6.45) is 0. The quantitative estimate of drug-likeness (QED) is 0.823. The largest absolute Gasteiger partial charge is 0.389 e. The summed E-state index contributed by atoms with van der Waals surface area (Å²) in [4.78, 5) is 0.408. The minimum atomic E-state index is 0.408. The van der Waals surface area contributed by atoms with E-state index >= 15 is 0 Å². The summed E-state index contributed by atoms with van der Waals surface area (Å²) in [7, 11) is 0. The number of benzene rings is 2. The maximum absolute atomic E-state index is 5.74. The highest BCUT2D eigenvalue weighted by Crippen LogP contribution is 2.23. The molecule has 2 aromatic carbocycles. The average molecular weight is 256 g/mol. The molecule has 0 spiro atoms. The topological polar surface area (TPSA) is 38.0 Å². The fraction of sp³-hybridized carbons (Fsp3) is 0.133. The summed E-state index contributed by atoms with van der Waals surface area (Å²) in [5.41, 5.74) is 11.0. The van der Waals surface area contributed by atoms with Crippen molar-refractivity contribution < 1.29 is 0 Å². The van der Waals surface area contributed by atoms with Gasteiger partial charge in [-0.2, -0.15) is 0 Å². The second-order valence-electron chi connectivity index (χ2n) is 4.41. The van der Waals surface area contributed by atoms with Crippen LogP contribution in [0.15, 0.2) is 42.5 Å². The molecule has 2 rings (SSSR count). The Kier molecular flexibility index (Phi) is 3.63. The van der Waals surface area contributed by atoms with E-state index in [1.165, 1.54) is 11.1 Å². The lowest BCUT2D eigenvalue weighted by atomic mass is 10.1. The van der Waals surface area contributed by atoms with Gasteiger partial charge < -0.3 is 11.1 Å². The van der Waals surface area contributed by atoms with Crippen LogP contribution >= 0.6 is 12.2 Å². The third-order valence-electron chi connectivity index (χ3n) is 2.74. The van der Waals surface area contributed by atoms with Gasteiger partial charge in [0.2, 0.25) is 0 Å². The highest BCUT2D eigenvalue weighted by Gasteiger charge is 2.05. The van der Waals surface area contributed by atoms with Crippen molar-refractivity contribution >= 4 is 28.6 Å². The maximum atomic E-state index is 5.74. The molecule has 0 atom stereocenters. The van der Waals surface area contributed by atoms with Crippen molar-refractivity contribution in [2.75, 3.05) is 5.32 Å². The molecule has 0 radical (unpaired) electrons. The maximum Gasteiger partial charge on any atom is 0.106 e. The standard InChI is InChI=1S/C15H16N2S/c1-10-4-3-5-12(8-10)17-14-9-11(2)6-7-13(14)15(16)18/h3-9,17H,1-2H3,(H2,16,18). The van der Waals surface area contributed by atoms with Gasteiger partial charge in [-0.3, -0.25) is 0 Å². The van der Waals surface area contributed by atoms with E-state index in [1.807, 2.05) is 31.2 Å². The van der Waals surface area contributed by atoms with Crippen LogP contribution in [-0.2, 0) is 0 Å². The zero-order chi connectivity index (χ0) is 13.1. The van der Waals surface area contributed by atoms with Gasteiger partial charge in [0, 0.05) is 16.9 Å². The second kappa shape index (κ2) is 5.19. The van der Waals surface area contributed by atoms with Gasteiger partial charge in [-0.25, -0.2) is 0 Å². The van der Waals surface area contributed by atoms with Crippen molar-refractivity contribution in [3.8, 4) is 0 Å². The van der Waals surface area contributed by atoms with Gasteiger partial charge in [-0.1, -0.05) is 30.4 Å². The first-order valence-corrected chi connectivity index (χ1v) is 6.21. The fourth-order valence-corrected chi connectivity index (χ4v) is 2.03. The van der Waals surface area contributed by atoms with E-state index in [1.54, 1.807) is 0 Å². The van der Waals surface area contributed by atoms with E-state index in [2.05, 4.69) is 30.4 Å². The second-order valence-corrected chi connectivity index (χ2v) is 4.85. The minimum absolute atomic E-state index is 0.408. The molecule has 0 aliphatic carbocycles. The smallest absolute Gasteiger partial charge is 0.106 e. The number of anilines is 2.